The van der Waals surface area contributed by atoms with Gasteiger partial charge in [-0.15, -0.1) is 0 Å². The summed E-state index contributed by atoms with van der Waals surface area (Å²) in [5.41, 5.74) is 3.40. The molecule has 0 radical (unpaired) electrons. The Balaban J connectivity index is 1.70. The van der Waals surface area contributed by atoms with Gasteiger partial charge in [-0.05, 0) is 30.2 Å². The molecule has 0 aliphatic carbocycles. The Kier molecular flexibility index (Phi) is 5.02. The van der Waals surface area contributed by atoms with Gasteiger partial charge in [-0.3, -0.25) is 14.5 Å². The normalized spacial score (nSPS) is 16.3. The first-order chi connectivity index (χ1) is 12.4. The first-order valence-corrected chi connectivity index (χ1v) is 8.38. The van der Waals surface area contributed by atoms with Crippen molar-refractivity contribution in [3.63, 3.8) is 0 Å². The maximum atomic E-state index is 12.0. The van der Waals surface area contributed by atoms with Crippen molar-refractivity contribution in [2.24, 2.45) is 0 Å². The quantitative estimate of drug-likeness (QED) is 0.839. The van der Waals surface area contributed by atoms with Gasteiger partial charge in [0.1, 0.15) is 6.10 Å². The summed E-state index contributed by atoms with van der Waals surface area (Å²) in [4.78, 5) is 35.9. The number of nitrogens with zero attached hydrogens (tertiary/aromatic N) is 1. The summed E-state index contributed by atoms with van der Waals surface area (Å²) >= 11 is 0. The van der Waals surface area contributed by atoms with Gasteiger partial charge in [-0.25, -0.2) is 4.79 Å². The molecule has 2 amide bonds. The highest BCUT2D eigenvalue weighted by Gasteiger charge is 2.32. The van der Waals surface area contributed by atoms with Gasteiger partial charge in [-0.2, -0.15) is 0 Å². The third kappa shape index (κ3) is 3.91. The monoisotopic (exact) mass is 352 g/mol. The number of carbonyl (C=O) groups excluding carboxylic acids is 3. The molecular formula is C20H20N2O4. The summed E-state index contributed by atoms with van der Waals surface area (Å²) in [7, 11) is 0. The highest BCUT2D eigenvalue weighted by atomic mass is 16.6. The van der Waals surface area contributed by atoms with E-state index in [0.717, 1.165) is 16.8 Å². The fraction of sp³-hybridized carbons (Fsp3) is 0.250. The lowest BCUT2D eigenvalue weighted by molar-refractivity contribution is -0.119. The number of hydrogen-bond acceptors (Lipinski definition) is 4. The van der Waals surface area contributed by atoms with E-state index in [9.17, 15) is 14.4 Å². The molecule has 1 heterocycles. The van der Waals surface area contributed by atoms with Crippen LogP contribution in [0.4, 0.5) is 10.5 Å². The number of anilines is 1. The molecule has 26 heavy (non-hydrogen) atoms. The molecule has 134 valence electrons. The average molecular weight is 352 g/mol. The lowest BCUT2D eigenvalue weighted by Crippen LogP contribution is -2.33. The van der Waals surface area contributed by atoms with Crippen LogP contribution in [0.25, 0.3) is 11.1 Å². The van der Waals surface area contributed by atoms with Crippen molar-refractivity contribution in [2.75, 3.05) is 18.0 Å². The minimum atomic E-state index is -0.418. The zero-order chi connectivity index (χ0) is 18.7. The largest absolute Gasteiger partial charge is 0.442 e. The molecule has 0 aromatic heterocycles. The van der Waals surface area contributed by atoms with Gasteiger partial charge in [0.15, 0.2) is 5.78 Å². The van der Waals surface area contributed by atoms with Gasteiger partial charge in [0.2, 0.25) is 5.91 Å². The molecule has 1 fully saturated rings. The lowest BCUT2D eigenvalue weighted by atomic mass is 10.0. The first-order valence-electron chi connectivity index (χ1n) is 8.38. The molecular weight excluding hydrogens is 332 g/mol. The minimum absolute atomic E-state index is 0.0354. The fourth-order valence-electron chi connectivity index (χ4n) is 2.83. The van der Waals surface area contributed by atoms with E-state index in [-0.39, 0.29) is 17.8 Å². The van der Waals surface area contributed by atoms with Gasteiger partial charge in [0, 0.05) is 18.2 Å². The molecule has 2 aromatic carbocycles. The molecule has 0 bridgehead atoms. The predicted octanol–water partition coefficient (Wildman–Crippen LogP) is 3.02. The van der Waals surface area contributed by atoms with E-state index in [4.69, 9.17) is 4.74 Å². The van der Waals surface area contributed by atoms with E-state index in [1.165, 1.54) is 13.8 Å². The molecule has 0 saturated carbocycles. The number of ether oxygens (including phenoxy) is 1. The summed E-state index contributed by atoms with van der Waals surface area (Å²) in [5, 5.41) is 2.66. The Morgan fingerprint density at radius 1 is 1.04 bits per heavy atom. The van der Waals surface area contributed by atoms with Crippen LogP contribution >= 0.6 is 0 Å². The van der Waals surface area contributed by atoms with Crippen molar-refractivity contribution in [3.05, 3.63) is 54.1 Å². The van der Waals surface area contributed by atoms with E-state index in [0.29, 0.717) is 18.7 Å². The second-order valence-electron chi connectivity index (χ2n) is 6.23. The van der Waals surface area contributed by atoms with Crippen LogP contribution in [0, 0.1) is 0 Å². The van der Waals surface area contributed by atoms with Crippen molar-refractivity contribution in [1.29, 1.82) is 0 Å². The van der Waals surface area contributed by atoms with Gasteiger partial charge < -0.3 is 10.1 Å². The predicted molar refractivity (Wildman–Crippen MR) is 98.2 cm³/mol. The second kappa shape index (κ2) is 7.39. The van der Waals surface area contributed by atoms with Crippen LogP contribution in [0.5, 0.6) is 0 Å². The van der Waals surface area contributed by atoms with Gasteiger partial charge in [-0.1, -0.05) is 36.4 Å². The highest BCUT2D eigenvalue weighted by Crippen LogP contribution is 2.26. The van der Waals surface area contributed by atoms with Gasteiger partial charge >= 0.3 is 6.09 Å². The van der Waals surface area contributed by atoms with Gasteiger partial charge in [0.25, 0.3) is 0 Å². The number of amides is 2. The number of benzene rings is 2. The van der Waals surface area contributed by atoms with Crippen molar-refractivity contribution < 1.29 is 19.1 Å². The summed E-state index contributed by atoms with van der Waals surface area (Å²) in [6.07, 6.45) is -0.774. The minimum Gasteiger partial charge on any atom is -0.442 e. The first kappa shape index (κ1) is 17.7. The van der Waals surface area contributed by atoms with E-state index < -0.39 is 6.09 Å². The Labute approximate surface area is 151 Å². The van der Waals surface area contributed by atoms with E-state index in [2.05, 4.69) is 5.32 Å². The molecule has 1 N–H and O–H groups in total. The Morgan fingerprint density at radius 3 is 2.15 bits per heavy atom. The zero-order valence-electron chi connectivity index (χ0n) is 14.7. The van der Waals surface area contributed by atoms with Crippen LogP contribution in [0.2, 0.25) is 0 Å². The molecule has 0 unspecified atom stereocenters. The topological polar surface area (TPSA) is 75.7 Å². The van der Waals surface area contributed by atoms with E-state index >= 15 is 0 Å². The number of cyclic esters (lactones) is 1. The van der Waals surface area contributed by atoms with Crippen LogP contribution < -0.4 is 10.2 Å². The van der Waals surface area contributed by atoms with Crippen molar-refractivity contribution in [3.8, 4) is 11.1 Å². The molecule has 0 spiro atoms. The average Bonchev–Trinajstić information content (AvgIpc) is 3.01. The Bertz CT molecular complexity index is 828. The zero-order valence-corrected chi connectivity index (χ0v) is 14.7. The highest BCUT2D eigenvalue weighted by molar-refractivity contribution is 5.94. The SMILES string of the molecule is CC(=O)NC[C@@H]1CN(c2ccc(-c3ccc(C(C)=O)cc3)cc2)C(=O)O1. The third-order valence-electron chi connectivity index (χ3n) is 4.26. The summed E-state index contributed by atoms with van der Waals surface area (Å²) < 4.78 is 5.27. The van der Waals surface area contributed by atoms with E-state index in [1.807, 2.05) is 36.4 Å². The maximum Gasteiger partial charge on any atom is 0.414 e. The van der Waals surface area contributed by atoms with Crippen molar-refractivity contribution in [2.45, 2.75) is 20.0 Å². The van der Waals surface area contributed by atoms with Crippen LogP contribution in [-0.2, 0) is 9.53 Å². The van der Waals surface area contributed by atoms with Gasteiger partial charge in [0.05, 0.1) is 13.1 Å². The second-order valence-corrected chi connectivity index (χ2v) is 6.23. The molecule has 1 aliphatic heterocycles. The van der Waals surface area contributed by atoms with Crippen LogP contribution in [0.15, 0.2) is 48.5 Å². The molecule has 6 nitrogen and oxygen atoms in total. The number of carbonyl (C=O) groups is 3. The Morgan fingerprint density at radius 2 is 1.62 bits per heavy atom. The third-order valence-corrected chi connectivity index (χ3v) is 4.26. The van der Waals surface area contributed by atoms with Crippen LogP contribution in [-0.4, -0.2) is 37.0 Å². The number of Topliss-reactive ketones (excluding diaryl/α,β-unsaturated/α-hetero) is 1. The molecule has 1 saturated heterocycles. The van der Waals surface area contributed by atoms with E-state index in [1.54, 1.807) is 17.0 Å². The van der Waals surface area contributed by atoms with Crippen LogP contribution in [0.1, 0.15) is 24.2 Å². The maximum absolute atomic E-state index is 12.0. The number of hydrogen-bond donors (Lipinski definition) is 1. The number of ketones is 1. The summed E-state index contributed by atoms with van der Waals surface area (Å²) in [6.45, 7) is 3.66. The molecule has 1 atom stereocenters. The fourth-order valence-corrected chi connectivity index (χ4v) is 2.83. The standard InChI is InChI=1S/C20H20N2O4/c1-13(23)15-3-5-16(6-4-15)17-7-9-18(10-8-17)22-12-19(26-20(22)25)11-21-14(2)24/h3-10,19H,11-12H2,1-2H3,(H,21,24)/t19-/m1/s1. The smallest absolute Gasteiger partial charge is 0.414 e. The van der Waals surface area contributed by atoms with Crippen molar-refractivity contribution in [1.82, 2.24) is 5.32 Å². The van der Waals surface area contributed by atoms with Crippen molar-refractivity contribution >= 4 is 23.5 Å². The lowest BCUT2D eigenvalue weighted by Gasteiger charge is -2.14. The summed E-state index contributed by atoms with van der Waals surface area (Å²) in [6, 6.07) is 15.0. The molecule has 6 heteroatoms. The van der Waals surface area contributed by atoms with Crippen LogP contribution in [0.3, 0.4) is 0 Å². The summed E-state index contributed by atoms with van der Waals surface area (Å²) in [5.74, 6) is -0.118. The number of rotatable bonds is 5. The molecule has 3 rings (SSSR count). The Hall–Kier alpha value is -3.15. The number of nitrogens with one attached hydrogen (secondary N) is 1. The molecule has 1 aliphatic rings. The molecule has 2 aromatic rings.